The molecule has 2 rings (SSSR count). The van der Waals surface area contributed by atoms with E-state index in [1.807, 2.05) is 0 Å². The molecule has 1 aliphatic rings. The first-order valence-corrected chi connectivity index (χ1v) is 7.58. The third kappa shape index (κ3) is 5.62. The first-order chi connectivity index (χ1) is 10.2. The number of likely N-dealkylation sites (tertiary alicyclic amines) is 1. The van der Waals surface area contributed by atoms with Crippen LogP contribution in [0.4, 0.5) is 4.39 Å². The van der Waals surface area contributed by atoms with Crippen LogP contribution in [0.1, 0.15) is 31.2 Å². The maximum atomic E-state index is 13.3. The molecule has 1 saturated heterocycles. The quantitative estimate of drug-likeness (QED) is 0.462. The molecule has 6 heteroatoms. The van der Waals surface area contributed by atoms with Gasteiger partial charge in [0.1, 0.15) is 0 Å². The predicted molar refractivity (Wildman–Crippen MR) is 98.6 cm³/mol. The first kappa shape index (κ1) is 19.0. The topological polar surface area (TPSA) is 50.9 Å². The third-order valence-electron chi connectivity index (χ3n) is 3.82. The SMILES string of the molecule is COc1cc(CCN=C(N)N2CCCCCC2)ccc1F.I. The summed E-state index contributed by atoms with van der Waals surface area (Å²) in [7, 11) is 1.47. The number of aliphatic imine (C=N–C) groups is 1. The first-order valence-electron chi connectivity index (χ1n) is 7.58. The van der Waals surface area contributed by atoms with Crippen molar-refractivity contribution in [2.45, 2.75) is 32.1 Å². The van der Waals surface area contributed by atoms with Gasteiger partial charge in [-0.3, -0.25) is 4.99 Å². The zero-order chi connectivity index (χ0) is 15.1. The second-order valence-electron chi connectivity index (χ2n) is 5.36. The molecule has 1 heterocycles. The number of rotatable bonds is 4. The number of nitrogens with two attached hydrogens (primary N) is 1. The maximum absolute atomic E-state index is 13.3. The number of halogens is 2. The van der Waals surface area contributed by atoms with Crippen LogP contribution >= 0.6 is 24.0 Å². The molecule has 0 bridgehead atoms. The Labute approximate surface area is 148 Å². The zero-order valence-electron chi connectivity index (χ0n) is 13.1. The molecule has 0 saturated carbocycles. The van der Waals surface area contributed by atoms with Crippen LogP contribution in [0, 0.1) is 5.82 Å². The summed E-state index contributed by atoms with van der Waals surface area (Å²) in [5.74, 6) is 0.566. The number of benzene rings is 1. The molecule has 0 amide bonds. The van der Waals surface area contributed by atoms with Gasteiger partial charge in [0.05, 0.1) is 7.11 Å². The van der Waals surface area contributed by atoms with E-state index in [0.717, 1.165) is 25.1 Å². The van der Waals surface area contributed by atoms with Gasteiger partial charge in [0.2, 0.25) is 0 Å². The van der Waals surface area contributed by atoms with Crippen molar-refractivity contribution < 1.29 is 9.13 Å². The molecule has 0 spiro atoms. The summed E-state index contributed by atoms with van der Waals surface area (Å²) in [6.07, 6.45) is 5.65. The lowest BCUT2D eigenvalue weighted by molar-refractivity contribution is 0.386. The highest BCUT2D eigenvalue weighted by molar-refractivity contribution is 14.0. The molecule has 4 nitrogen and oxygen atoms in total. The minimum absolute atomic E-state index is 0. The predicted octanol–water partition coefficient (Wildman–Crippen LogP) is 3.19. The Hall–Kier alpha value is -1.05. The average Bonchev–Trinajstić information content (AvgIpc) is 2.78. The largest absolute Gasteiger partial charge is 0.494 e. The van der Waals surface area contributed by atoms with Gasteiger partial charge in [-0.25, -0.2) is 4.39 Å². The van der Waals surface area contributed by atoms with Crippen LogP contribution in [-0.2, 0) is 6.42 Å². The van der Waals surface area contributed by atoms with Gasteiger partial charge in [-0.1, -0.05) is 18.9 Å². The summed E-state index contributed by atoms with van der Waals surface area (Å²) in [6.45, 7) is 2.61. The lowest BCUT2D eigenvalue weighted by atomic mass is 10.1. The number of hydrogen-bond donors (Lipinski definition) is 1. The molecule has 1 fully saturated rings. The van der Waals surface area contributed by atoms with Crippen LogP contribution in [0.2, 0.25) is 0 Å². The van der Waals surface area contributed by atoms with Crippen LogP contribution < -0.4 is 10.5 Å². The molecule has 0 aromatic heterocycles. The highest BCUT2D eigenvalue weighted by Crippen LogP contribution is 2.18. The van der Waals surface area contributed by atoms with E-state index < -0.39 is 0 Å². The van der Waals surface area contributed by atoms with Crippen LogP contribution in [0.25, 0.3) is 0 Å². The Kier molecular flexibility index (Phi) is 8.52. The molecule has 1 aromatic carbocycles. The van der Waals surface area contributed by atoms with E-state index in [1.165, 1.54) is 38.9 Å². The van der Waals surface area contributed by atoms with Gasteiger partial charge >= 0.3 is 0 Å². The second-order valence-corrected chi connectivity index (χ2v) is 5.36. The monoisotopic (exact) mass is 421 g/mol. The fourth-order valence-corrected chi connectivity index (χ4v) is 2.56. The normalized spacial score (nSPS) is 15.9. The van der Waals surface area contributed by atoms with Crippen molar-refractivity contribution in [1.29, 1.82) is 0 Å². The lowest BCUT2D eigenvalue weighted by Gasteiger charge is -2.21. The number of hydrogen-bond acceptors (Lipinski definition) is 2. The number of ether oxygens (including phenoxy) is 1. The van der Waals surface area contributed by atoms with Crippen molar-refractivity contribution in [2.24, 2.45) is 10.7 Å². The third-order valence-corrected chi connectivity index (χ3v) is 3.82. The van der Waals surface area contributed by atoms with E-state index in [1.54, 1.807) is 12.1 Å². The van der Waals surface area contributed by atoms with Crippen LogP contribution in [0.3, 0.4) is 0 Å². The molecule has 22 heavy (non-hydrogen) atoms. The summed E-state index contributed by atoms with van der Waals surface area (Å²) < 4.78 is 18.3. The summed E-state index contributed by atoms with van der Waals surface area (Å²) >= 11 is 0. The van der Waals surface area contributed by atoms with E-state index in [2.05, 4.69) is 9.89 Å². The molecular weight excluding hydrogens is 396 g/mol. The van der Waals surface area contributed by atoms with Gasteiger partial charge < -0.3 is 15.4 Å². The van der Waals surface area contributed by atoms with Crippen molar-refractivity contribution in [2.75, 3.05) is 26.7 Å². The Balaban J connectivity index is 0.00000242. The Morgan fingerprint density at radius 3 is 2.59 bits per heavy atom. The lowest BCUT2D eigenvalue weighted by Crippen LogP contribution is -2.38. The van der Waals surface area contributed by atoms with Gasteiger partial charge in [-0.2, -0.15) is 0 Å². The molecule has 124 valence electrons. The van der Waals surface area contributed by atoms with E-state index in [9.17, 15) is 4.39 Å². The average molecular weight is 421 g/mol. The van der Waals surface area contributed by atoms with Crippen molar-refractivity contribution in [3.8, 4) is 5.75 Å². The van der Waals surface area contributed by atoms with Crippen LogP contribution in [0.15, 0.2) is 23.2 Å². The van der Waals surface area contributed by atoms with E-state index in [0.29, 0.717) is 12.5 Å². The zero-order valence-corrected chi connectivity index (χ0v) is 15.4. The number of guanidine groups is 1. The highest BCUT2D eigenvalue weighted by Gasteiger charge is 2.10. The minimum atomic E-state index is -0.339. The minimum Gasteiger partial charge on any atom is -0.494 e. The molecule has 0 atom stereocenters. The van der Waals surface area contributed by atoms with Crippen molar-refractivity contribution in [3.63, 3.8) is 0 Å². The van der Waals surface area contributed by atoms with Crippen LogP contribution in [0.5, 0.6) is 5.75 Å². The molecule has 1 aromatic rings. The van der Waals surface area contributed by atoms with Crippen molar-refractivity contribution in [1.82, 2.24) is 4.90 Å². The van der Waals surface area contributed by atoms with Gasteiger partial charge in [0.25, 0.3) is 0 Å². The second kappa shape index (κ2) is 9.86. The standard InChI is InChI=1S/C16H24FN3O.HI/c1-21-15-12-13(6-7-14(15)17)8-9-19-16(18)20-10-4-2-3-5-11-20;/h6-7,12H,2-5,8-11H2,1H3,(H2,18,19);1H. The van der Waals surface area contributed by atoms with E-state index in [4.69, 9.17) is 10.5 Å². The van der Waals surface area contributed by atoms with Crippen molar-refractivity contribution >= 4 is 29.9 Å². The summed E-state index contributed by atoms with van der Waals surface area (Å²) in [5, 5.41) is 0. The molecule has 1 aliphatic heterocycles. The van der Waals surface area contributed by atoms with E-state index in [-0.39, 0.29) is 35.5 Å². The molecule has 0 unspecified atom stereocenters. The Morgan fingerprint density at radius 1 is 1.27 bits per heavy atom. The summed E-state index contributed by atoms with van der Waals surface area (Å²) in [5.41, 5.74) is 7.05. The van der Waals surface area contributed by atoms with Gasteiger partial charge in [-0.05, 0) is 37.0 Å². The number of methoxy groups -OCH3 is 1. The smallest absolute Gasteiger partial charge is 0.191 e. The summed E-state index contributed by atoms with van der Waals surface area (Å²) in [6, 6.07) is 4.90. The molecule has 0 radical (unpaired) electrons. The highest BCUT2D eigenvalue weighted by atomic mass is 127. The maximum Gasteiger partial charge on any atom is 0.191 e. The fourth-order valence-electron chi connectivity index (χ4n) is 2.56. The van der Waals surface area contributed by atoms with Gasteiger partial charge in [-0.15, -0.1) is 24.0 Å². The molecule has 2 N–H and O–H groups in total. The van der Waals surface area contributed by atoms with Crippen LogP contribution in [-0.4, -0.2) is 37.6 Å². The van der Waals surface area contributed by atoms with Gasteiger partial charge in [0, 0.05) is 19.6 Å². The summed E-state index contributed by atoms with van der Waals surface area (Å²) in [4.78, 5) is 6.61. The Morgan fingerprint density at radius 2 is 1.95 bits per heavy atom. The van der Waals surface area contributed by atoms with Gasteiger partial charge in [0.15, 0.2) is 17.5 Å². The fraction of sp³-hybridized carbons (Fsp3) is 0.562. The Bertz CT molecular complexity index is 488. The molecular formula is C16H25FIN3O. The number of nitrogens with zero attached hydrogens (tertiary/aromatic N) is 2. The van der Waals surface area contributed by atoms with Crippen molar-refractivity contribution in [3.05, 3.63) is 29.6 Å². The molecule has 0 aliphatic carbocycles. The van der Waals surface area contributed by atoms with E-state index >= 15 is 0 Å².